The minimum Gasteiger partial charge on any atom is -0.504 e. The maximum atomic E-state index is 10.6. The number of aliphatic hydroxyl groups is 1. The maximum Gasteiger partial charge on any atom is 0.165 e. The van der Waals surface area contributed by atoms with Crippen molar-refractivity contribution < 1.29 is 19.7 Å². The van der Waals surface area contributed by atoms with E-state index in [2.05, 4.69) is 30.2 Å². The first-order valence-corrected chi connectivity index (χ1v) is 9.63. The molecule has 2 spiro atoms. The van der Waals surface area contributed by atoms with Gasteiger partial charge >= 0.3 is 0 Å². The monoisotopic (exact) mass is 355 g/mol. The molecule has 1 aromatic rings. The Kier molecular flexibility index (Phi) is 2.66. The molecule has 2 heterocycles. The minimum atomic E-state index is -0.642. The summed E-state index contributed by atoms with van der Waals surface area (Å²) in [5.74, 6) is 0.887. The predicted octanol–water partition coefficient (Wildman–Crippen LogP) is 1.60. The molecule has 2 fully saturated rings. The Balaban J connectivity index is 1.73. The zero-order valence-corrected chi connectivity index (χ0v) is 15.2. The molecule has 0 amide bonds. The van der Waals surface area contributed by atoms with E-state index in [-0.39, 0.29) is 35.2 Å². The number of likely N-dealkylation sites (tertiary alicyclic amines) is 1. The van der Waals surface area contributed by atoms with Crippen LogP contribution in [-0.4, -0.2) is 60.2 Å². The summed E-state index contributed by atoms with van der Waals surface area (Å²) < 4.78 is 12.7. The lowest BCUT2D eigenvalue weighted by Gasteiger charge is -2.71. The number of piperidine rings is 1. The first kappa shape index (κ1) is 15.5. The van der Waals surface area contributed by atoms with Crippen molar-refractivity contribution in [2.75, 3.05) is 27.3 Å². The van der Waals surface area contributed by atoms with Crippen LogP contribution in [0.3, 0.4) is 0 Å². The third-order valence-corrected chi connectivity index (χ3v) is 8.43. The van der Waals surface area contributed by atoms with E-state index < -0.39 is 5.60 Å². The number of aromatic hydroxyl groups is 1. The van der Waals surface area contributed by atoms with Crippen molar-refractivity contribution in [1.82, 2.24) is 4.90 Å². The molecule has 7 rings (SSSR count). The largest absolute Gasteiger partial charge is 0.504 e. The Morgan fingerprint density at radius 1 is 1.35 bits per heavy atom. The highest BCUT2D eigenvalue weighted by molar-refractivity contribution is 5.65. The van der Waals surface area contributed by atoms with Crippen LogP contribution in [0, 0.1) is 11.3 Å². The number of phenols is 1. The molecule has 26 heavy (non-hydrogen) atoms. The Labute approximate surface area is 153 Å². The average Bonchev–Trinajstić information content (AvgIpc) is 3.03. The normalized spacial score (nSPS) is 47.0. The van der Waals surface area contributed by atoms with Crippen molar-refractivity contribution in [2.45, 2.75) is 42.4 Å². The molecule has 5 heteroatoms. The second kappa shape index (κ2) is 4.46. The Morgan fingerprint density at radius 3 is 2.96 bits per heavy atom. The number of ether oxygens (including phenoxy) is 2. The van der Waals surface area contributed by atoms with Gasteiger partial charge in [-0.05, 0) is 44.5 Å². The highest BCUT2D eigenvalue weighted by Gasteiger charge is 2.78. The number of fused-ring (bicyclic) bond motifs is 1. The SMILES string of the molecule is CO[C@@]12C=C[C@]3(C[C@@H]1CO)[C@@H]1Cc4ccc(O)c5c4[C@@]3(CCN1C)[C@H]2O5. The number of nitrogens with zero attached hydrogens (tertiary/aromatic N) is 1. The van der Waals surface area contributed by atoms with Crippen LogP contribution in [0.25, 0.3) is 0 Å². The van der Waals surface area contributed by atoms with Crippen LogP contribution in [0.15, 0.2) is 24.3 Å². The molecular weight excluding hydrogens is 330 g/mol. The van der Waals surface area contributed by atoms with Crippen molar-refractivity contribution in [3.05, 3.63) is 35.4 Å². The van der Waals surface area contributed by atoms with Crippen LogP contribution >= 0.6 is 0 Å². The summed E-state index contributed by atoms with van der Waals surface area (Å²) in [6, 6.07) is 4.23. The van der Waals surface area contributed by atoms with Crippen LogP contribution in [-0.2, 0) is 16.6 Å². The average molecular weight is 355 g/mol. The fraction of sp³-hybridized carbons (Fsp3) is 0.619. The third-order valence-electron chi connectivity index (χ3n) is 8.43. The third kappa shape index (κ3) is 1.29. The summed E-state index contributed by atoms with van der Waals surface area (Å²) >= 11 is 0. The Hall–Kier alpha value is -1.56. The topological polar surface area (TPSA) is 62.2 Å². The van der Waals surface area contributed by atoms with Gasteiger partial charge in [0.2, 0.25) is 0 Å². The van der Waals surface area contributed by atoms with Crippen LogP contribution in [0.4, 0.5) is 0 Å². The second-order valence-electron chi connectivity index (χ2n) is 8.88. The fourth-order valence-electron chi connectivity index (χ4n) is 7.41. The molecule has 0 aromatic heterocycles. The Bertz CT molecular complexity index is 853. The molecular formula is C21H25NO4. The number of methoxy groups -OCH3 is 1. The van der Waals surface area contributed by atoms with Gasteiger partial charge in [0, 0.05) is 36.7 Å². The molecule has 1 saturated heterocycles. The summed E-state index contributed by atoms with van der Waals surface area (Å²) in [7, 11) is 3.95. The van der Waals surface area contributed by atoms with Crippen LogP contribution in [0.2, 0.25) is 0 Å². The van der Waals surface area contributed by atoms with Crippen molar-refractivity contribution in [3.8, 4) is 11.5 Å². The van der Waals surface area contributed by atoms with Gasteiger partial charge in [0.15, 0.2) is 11.5 Å². The lowest BCUT2D eigenvalue weighted by molar-refractivity contribution is -0.219. The Morgan fingerprint density at radius 2 is 2.19 bits per heavy atom. The number of phenolic OH excluding ortho intramolecular Hbond substituents is 1. The molecule has 4 bridgehead atoms. The van der Waals surface area contributed by atoms with E-state index in [4.69, 9.17) is 9.47 Å². The molecule has 6 aliphatic rings. The van der Waals surface area contributed by atoms with Gasteiger partial charge in [-0.15, -0.1) is 0 Å². The molecule has 6 atom stereocenters. The van der Waals surface area contributed by atoms with Gasteiger partial charge in [-0.3, -0.25) is 0 Å². The van der Waals surface area contributed by atoms with Crippen LogP contribution in [0.1, 0.15) is 24.0 Å². The summed E-state index contributed by atoms with van der Waals surface area (Å²) in [4.78, 5) is 2.49. The zero-order valence-electron chi connectivity index (χ0n) is 15.2. The van der Waals surface area contributed by atoms with Gasteiger partial charge in [-0.1, -0.05) is 18.2 Å². The van der Waals surface area contributed by atoms with Gasteiger partial charge in [0.25, 0.3) is 0 Å². The zero-order chi connectivity index (χ0) is 17.9. The number of hydrogen-bond donors (Lipinski definition) is 2. The molecule has 2 aliphatic heterocycles. The van der Waals surface area contributed by atoms with E-state index in [1.165, 1.54) is 11.1 Å². The summed E-state index contributed by atoms with van der Waals surface area (Å²) in [5.41, 5.74) is 1.62. The summed E-state index contributed by atoms with van der Waals surface area (Å²) in [6.45, 7) is 1.10. The van der Waals surface area contributed by atoms with E-state index in [0.29, 0.717) is 11.8 Å². The van der Waals surface area contributed by atoms with Gasteiger partial charge < -0.3 is 24.6 Å². The fourth-order valence-corrected chi connectivity index (χ4v) is 7.41. The van der Waals surface area contributed by atoms with Crippen molar-refractivity contribution in [1.29, 1.82) is 0 Å². The lowest BCUT2D eigenvalue weighted by Crippen LogP contribution is -2.79. The summed E-state index contributed by atoms with van der Waals surface area (Å²) in [6.07, 6.45) is 7.19. The second-order valence-corrected chi connectivity index (χ2v) is 8.88. The number of aliphatic hydroxyl groups excluding tert-OH is 1. The smallest absolute Gasteiger partial charge is 0.165 e. The van der Waals surface area contributed by atoms with E-state index >= 15 is 0 Å². The quantitative estimate of drug-likeness (QED) is 0.789. The molecule has 5 nitrogen and oxygen atoms in total. The first-order chi connectivity index (χ1) is 12.5. The molecule has 1 aromatic carbocycles. The standard InChI is InChI=1S/C21H25NO4/c1-22-8-7-20-16-12-3-4-14(24)17(16)26-18(20)21(25-2)6-5-19(20,15(22)9-12)10-13(21)11-23/h3-6,13,15,18,23-24H,7-11H2,1-2H3/t13-,15+,18-,19+,20+,21+/m1/s1. The van der Waals surface area contributed by atoms with E-state index in [1.807, 2.05) is 0 Å². The highest BCUT2D eigenvalue weighted by Crippen LogP contribution is 2.74. The molecule has 0 unspecified atom stereocenters. The molecule has 4 aliphatic carbocycles. The first-order valence-electron chi connectivity index (χ1n) is 9.63. The molecule has 2 N–H and O–H groups in total. The van der Waals surface area contributed by atoms with E-state index in [1.54, 1.807) is 13.2 Å². The molecule has 0 radical (unpaired) electrons. The van der Waals surface area contributed by atoms with Crippen LogP contribution in [0.5, 0.6) is 11.5 Å². The summed E-state index contributed by atoms with van der Waals surface area (Å²) in [5, 5.41) is 20.8. The maximum absolute atomic E-state index is 10.6. The van der Waals surface area contributed by atoms with Crippen molar-refractivity contribution in [2.24, 2.45) is 11.3 Å². The van der Waals surface area contributed by atoms with Gasteiger partial charge in [-0.25, -0.2) is 0 Å². The predicted molar refractivity (Wildman–Crippen MR) is 95.4 cm³/mol. The van der Waals surface area contributed by atoms with Crippen molar-refractivity contribution >= 4 is 0 Å². The molecule has 1 saturated carbocycles. The van der Waals surface area contributed by atoms with Gasteiger partial charge in [0.05, 0.1) is 5.41 Å². The van der Waals surface area contributed by atoms with Crippen LogP contribution < -0.4 is 4.74 Å². The van der Waals surface area contributed by atoms with Crippen molar-refractivity contribution in [3.63, 3.8) is 0 Å². The molecule has 138 valence electrons. The van der Waals surface area contributed by atoms with Gasteiger partial charge in [0.1, 0.15) is 11.7 Å². The number of likely N-dealkylation sites (N-methyl/N-ethyl adjacent to an activating group) is 1. The van der Waals surface area contributed by atoms with E-state index in [0.717, 1.165) is 25.8 Å². The van der Waals surface area contributed by atoms with Gasteiger partial charge in [-0.2, -0.15) is 0 Å². The number of benzene rings is 1. The number of hydrogen-bond acceptors (Lipinski definition) is 5. The highest BCUT2D eigenvalue weighted by atomic mass is 16.6. The number of rotatable bonds is 2. The minimum absolute atomic E-state index is 0.00244. The lowest BCUT2D eigenvalue weighted by atomic mass is 9.37. The van der Waals surface area contributed by atoms with E-state index in [9.17, 15) is 10.2 Å².